The van der Waals surface area contributed by atoms with E-state index in [0.29, 0.717) is 5.69 Å². The van der Waals surface area contributed by atoms with Gasteiger partial charge in [0.1, 0.15) is 12.2 Å². The Kier molecular flexibility index (Phi) is 3.74. The van der Waals surface area contributed by atoms with Gasteiger partial charge in [0.15, 0.2) is 5.72 Å². The highest BCUT2D eigenvalue weighted by molar-refractivity contribution is 5.07. The van der Waals surface area contributed by atoms with E-state index in [1.54, 1.807) is 6.92 Å². The molecular weight excluding hydrogens is 282 g/mol. The molecule has 1 aliphatic heterocycles. The molecule has 2 heterocycles. The maximum Gasteiger partial charge on any atom is 0.350 e. The normalized spacial score (nSPS) is 35.5. The van der Waals surface area contributed by atoms with Crippen LogP contribution in [0.25, 0.3) is 10.4 Å². The molecule has 10 heteroatoms. The summed E-state index contributed by atoms with van der Waals surface area (Å²) in [5.74, 6) is 0. The Morgan fingerprint density at radius 3 is 2.76 bits per heavy atom. The van der Waals surface area contributed by atoms with Crippen molar-refractivity contribution in [2.75, 3.05) is 6.61 Å². The van der Waals surface area contributed by atoms with E-state index in [-0.39, 0.29) is 0 Å². The van der Waals surface area contributed by atoms with Crippen molar-refractivity contribution in [1.29, 1.82) is 0 Å². The molecule has 0 bridgehead atoms. The zero-order valence-corrected chi connectivity index (χ0v) is 11.4. The summed E-state index contributed by atoms with van der Waals surface area (Å²) in [4.78, 5) is 18.2. The van der Waals surface area contributed by atoms with Gasteiger partial charge in [-0.1, -0.05) is 5.11 Å². The number of hydrogen-bond donors (Lipinski definition) is 3. The monoisotopic (exact) mass is 297 g/mol. The van der Waals surface area contributed by atoms with Gasteiger partial charge in [0.05, 0.1) is 6.61 Å². The van der Waals surface area contributed by atoms with Gasteiger partial charge in [0, 0.05) is 16.8 Å². The molecule has 0 aromatic carbocycles. The number of hydrogen-bond acceptors (Lipinski definition) is 7. The van der Waals surface area contributed by atoms with Crippen LogP contribution in [0.5, 0.6) is 0 Å². The van der Waals surface area contributed by atoms with Gasteiger partial charge in [-0.25, -0.2) is 4.79 Å². The van der Waals surface area contributed by atoms with Crippen LogP contribution in [0, 0.1) is 6.92 Å². The lowest BCUT2D eigenvalue weighted by molar-refractivity contribution is -0.179. The molecule has 0 unspecified atom stereocenters. The Balaban J connectivity index is 2.58. The fourth-order valence-electron chi connectivity index (χ4n) is 2.35. The molecule has 10 nitrogen and oxygen atoms in total. The fourth-order valence-corrected chi connectivity index (χ4v) is 2.35. The third kappa shape index (κ3) is 2.19. The van der Waals surface area contributed by atoms with Crippen LogP contribution < -0.4 is 5.69 Å². The van der Waals surface area contributed by atoms with Crippen molar-refractivity contribution < 1.29 is 20.1 Å². The number of aromatic nitrogens is 2. The highest BCUT2D eigenvalue weighted by Gasteiger charge is 2.61. The molecule has 0 aliphatic carbocycles. The van der Waals surface area contributed by atoms with Crippen LogP contribution in [-0.4, -0.2) is 49.4 Å². The number of aliphatic hydroxyl groups excluding tert-OH is 3. The van der Waals surface area contributed by atoms with Gasteiger partial charge in [-0.05, 0) is 25.4 Å². The van der Waals surface area contributed by atoms with Gasteiger partial charge in [-0.15, -0.1) is 0 Å². The van der Waals surface area contributed by atoms with E-state index >= 15 is 0 Å². The molecule has 114 valence electrons. The lowest BCUT2D eigenvalue weighted by Gasteiger charge is -2.30. The molecule has 0 spiro atoms. The lowest BCUT2D eigenvalue weighted by Crippen LogP contribution is -2.48. The molecule has 1 fully saturated rings. The summed E-state index contributed by atoms with van der Waals surface area (Å²) in [5.41, 5.74) is 4.49. The molecular formula is C11H15N5O5. The van der Waals surface area contributed by atoms with Crippen molar-refractivity contribution in [2.45, 2.75) is 37.5 Å². The molecule has 0 radical (unpaired) electrons. The van der Waals surface area contributed by atoms with E-state index in [4.69, 9.17) is 10.3 Å². The van der Waals surface area contributed by atoms with Crippen molar-refractivity contribution in [3.05, 3.63) is 38.9 Å². The van der Waals surface area contributed by atoms with Crippen molar-refractivity contribution in [2.24, 2.45) is 5.11 Å². The fraction of sp³-hybridized carbons (Fsp3) is 0.636. The predicted molar refractivity (Wildman–Crippen MR) is 68.9 cm³/mol. The van der Waals surface area contributed by atoms with E-state index in [9.17, 15) is 20.1 Å². The van der Waals surface area contributed by atoms with Gasteiger partial charge in [0.25, 0.3) is 0 Å². The second kappa shape index (κ2) is 5.10. The third-order valence-electron chi connectivity index (χ3n) is 3.56. The van der Waals surface area contributed by atoms with Crippen LogP contribution in [0.1, 0.15) is 12.6 Å². The Labute approximate surface area is 118 Å². The van der Waals surface area contributed by atoms with Crippen LogP contribution in [0.2, 0.25) is 0 Å². The topological polar surface area (TPSA) is 154 Å². The molecule has 1 aromatic heterocycles. The van der Waals surface area contributed by atoms with Crippen molar-refractivity contribution in [3.8, 4) is 0 Å². The first-order valence-electron chi connectivity index (χ1n) is 6.11. The first-order chi connectivity index (χ1) is 9.80. The molecule has 21 heavy (non-hydrogen) atoms. The number of nitrogens with zero attached hydrogens (tertiary/aromatic N) is 5. The highest BCUT2D eigenvalue weighted by atomic mass is 16.6. The second-order valence-electron chi connectivity index (χ2n) is 4.96. The maximum absolute atomic E-state index is 12.0. The first-order valence-corrected chi connectivity index (χ1v) is 6.11. The van der Waals surface area contributed by atoms with Gasteiger partial charge < -0.3 is 20.1 Å². The predicted octanol–water partition coefficient (Wildman–Crippen LogP) is -1.02. The molecule has 1 aromatic rings. The average Bonchev–Trinajstić information content (AvgIpc) is 2.62. The summed E-state index contributed by atoms with van der Waals surface area (Å²) in [6.45, 7) is 2.08. The van der Waals surface area contributed by atoms with E-state index in [2.05, 4.69) is 15.0 Å². The first kappa shape index (κ1) is 15.4. The van der Waals surface area contributed by atoms with E-state index < -0.39 is 36.0 Å². The van der Waals surface area contributed by atoms with Gasteiger partial charge in [-0.2, -0.15) is 4.98 Å². The smallest absolute Gasteiger partial charge is 0.350 e. The third-order valence-corrected chi connectivity index (χ3v) is 3.56. The minimum absolute atomic E-state index is 0.469. The van der Waals surface area contributed by atoms with Gasteiger partial charge in [0.2, 0.25) is 5.72 Å². The minimum atomic E-state index is -2.08. The van der Waals surface area contributed by atoms with Crippen LogP contribution in [0.4, 0.5) is 0 Å². The minimum Gasteiger partial charge on any atom is -0.393 e. The Morgan fingerprint density at radius 1 is 1.57 bits per heavy atom. The number of ether oxygens (including phenoxy) is 1. The summed E-state index contributed by atoms with van der Waals surface area (Å²) < 4.78 is 6.38. The molecule has 4 atom stereocenters. The highest BCUT2D eigenvalue weighted by Crippen LogP contribution is 2.41. The average molecular weight is 297 g/mol. The summed E-state index contributed by atoms with van der Waals surface area (Å²) in [6, 6.07) is 1.52. The summed E-state index contributed by atoms with van der Waals surface area (Å²) >= 11 is 0. The summed E-state index contributed by atoms with van der Waals surface area (Å²) in [7, 11) is 0. The van der Waals surface area contributed by atoms with Crippen LogP contribution in [0.15, 0.2) is 22.2 Å². The Hall–Kier alpha value is -1.97. The summed E-state index contributed by atoms with van der Waals surface area (Å²) in [5, 5.41) is 32.8. The largest absolute Gasteiger partial charge is 0.393 e. The van der Waals surface area contributed by atoms with Crippen molar-refractivity contribution >= 4 is 0 Å². The summed E-state index contributed by atoms with van der Waals surface area (Å²) in [6.07, 6.45) is -1.99. The van der Waals surface area contributed by atoms with Crippen LogP contribution in [-0.2, 0) is 10.5 Å². The maximum atomic E-state index is 12.0. The van der Waals surface area contributed by atoms with Crippen LogP contribution in [0.3, 0.4) is 0 Å². The Morgan fingerprint density at radius 2 is 2.24 bits per heavy atom. The number of aryl methyl sites for hydroxylation is 1. The molecule has 3 N–H and O–H groups in total. The van der Waals surface area contributed by atoms with Gasteiger partial charge >= 0.3 is 5.69 Å². The van der Waals surface area contributed by atoms with E-state index in [0.717, 1.165) is 4.57 Å². The molecule has 0 saturated carbocycles. The SMILES string of the molecule is Cc1ccn([C@]2(C)O[C@@](CO)(N=[N+]=[N-])[C@@H](O)[C@H]2O)c(=O)n1. The second-order valence-corrected chi connectivity index (χ2v) is 4.96. The molecule has 1 aliphatic rings. The number of aliphatic hydroxyl groups is 3. The zero-order chi connectivity index (χ0) is 15.8. The van der Waals surface area contributed by atoms with E-state index in [1.165, 1.54) is 19.2 Å². The number of azide groups is 1. The van der Waals surface area contributed by atoms with Crippen molar-refractivity contribution in [3.63, 3.8) is 0 Å². The standard InChI is InChI=1S/C11H15N5O5/c1-6-3-4-16(9(20)13-6)10(2)7(18)8(19)11(5-17,21-10)14-15-12/h3-4,7-8,17-19H,5H2,1-2H3/t7-,8+,10-,11-/m1/s1. The molecule has 1 saturated heterocycles. The van der Waals surface area contributed by atoms with E-state index in [1.807, 2.05) is 0 Å². The lowest BCUT2D eigenvalue weighted by atomic mass is 10.0. The van der Waals surface area contributed by atoms with Gasteiger partial charge in [-0.3, -0.25) is 4.57 Å². The zero-order valence-electron chi connectivity index (χ0n) is 11.4. The Bertz CT molecular complexity index is 657. The molecule has 2 rings (SSSR count). The molecule has 0 amide bonds. The number of rotatable bonds is 3. The van der Waals surface area contributed by atoms with Crippen LogP contribution >= 0.6 is 0 Å². The quantitative estimate of drug-likeness (QED) is 0.368. The van der Waals surface area contributed by atoms with Crippen molar-refractivity contribution in [1.82, 2.24) is 9.55 Å².